The van der Waals surface area contributed by atoms with E-state index in [-0.39, 0.29) is 15.8 Å². The SMILES string of the molecule is CS(=O)(=O)N1CCC(CCOc2ccc3c(c2)C(=O)C(Br)=C3c2cc(F)cc(F)c2)CC1. The van der Waals surface area contributed by atoms with E-state index >= 15 is 0 Å². The summed E-state index contributed by atoms with van der Waals surface area (Å²) in [4.78, 5) is 12.7. The Morgan fingerprint density at radius 1 is 1.06 bits per heavy atom. The Kier molecular flexibility index (Phi) is 6.51. The van der Waals surface area contributed by atoms with Gasteiger partial charge < -0.3 is 4.74 Å². The van der Waals surface area contributed by atoms with Crippen molar-refractivity contribution in [2.75, 3.05) is 26.0 Å². The summed E-state index contributed by atoms with van der Waals surface area (Å²) in [5.74, 6) is -0.766. The molecule has 1 heterocycles. The smallest absolute Gasteiger partial charge is 0.211 e. The highest BCUT2D eigenvalue weighted by atomic mass is 79.9. The number of carbonyl (C=O) groups excluding carboxylic acids is 1. The Hall–Kier alpha value is -2.10. The topological polar surface area (TPSA) is 63.7 Å². The highest BCUT2D eigenvalue weighted by Gasteiger charge is 2.30. The number of ketones is 1. The number of hydrogen-bond donors (Lipinski definition) is 0. The van der Waals surface area contributed by atoms with Gasteiger partial charge in [-0.15, -0.1) is 0 Å². The Morgan fingerprint density at radius 2 is 1.72 bits per heavy atom. The van der Waals surface area contributed by atoms with Crippen molar-refractivity contribution in [2.45, 2.75) is 19.3 Å². The first-order chi connectivity index (χ1) is 15.1. The molecule has 4 rings (SSSR count). The molecular weight excluding hydrogens is 504 g/mol. The third-order valence-corrected chi connectivity index (χ3v) is 7.97. The lowest BCUT2D eigenvalue weighted by molar-refractivity contribution is 0.104. The second-order valence-electron chi connectivity index (χ2n) is 8.13. The van der Waals surface area contributed by atoms with Crippen molar-refractivity contribution in [2.24, 2.45) is 5.92 Å². The summed E-state index contributed by atoms with van der Waals surface area (Å²) in [7, 11) is -3.14. The number of piperidine rings is 1. The number of nitrogens with zero attached hydrogens (tertiary/aromatic N) is 1. The minimum absolute atomic E-state index is 0.257. The van der Waals surface area contributed by atoms with Gasteiger partial charge in [-0.05, 0) is 82.6 Å². The number of carbonyl (C=O) groups is 1. The summed E-state index contributed by atoms with van der Waals surface area (Å²) < 4.78 is 58.2. The fourth-order valence-electron chi connectivity index (χ4n) is 4.22. The Morgan fingerprint density at radius 3 is 2.34 bits per heavy atom. The molecule has 0 saturated carbocycles. The molecule has 1 aliphatic heterocycles. The van der Waals surface area contributed by atoms with Crippen molar-refractivity contribution in [1.29, 1.82) is 0 Å². The second-order valence-corrected chi connectivity index (χ2v) is 10.9. The standard InChI is InChI=1S/C23H22BrF2NO4S/c1-32(29,30)27-7-4-14(5-8-27)6-9-31-18-2-3-19-20(13-18)23(28)22(24)21(19)15-10-16(25)12-17(26)11-15/h2-3,10-14H,4-9H2,1H3. The maximum absolute atomic E-state index is 13.7. The zero-order valence-corrected chi connectivity index (χ0v) is 19.8. The number of rotatable bonds is 6. The average molecular weight is 526 g/mol. The van der Waals surface area contributed by atoms with Gasteiger partial charge in [-0.3, -0.25) is 4.79 Å². The van der Waals surface area contributed by atoms with Crippen LogP contribution in [0.5, 0.6) is 5.75 Å². The second kappa shape index (κ2) is 9.03. The Labute approximate surface area is 194 Å². The van der Waals surface area contributed by atoms with Crippen LogP contribution in [0.1, 0.15) is 40.7 Å². The molecular formula is C23H22BrF2NO4S. The predicted octanol–water partition coefficient (Wildman–Crippen LogP) is 4.76. The molecule has 0 aromatic heterocycles. The highest BCUT2D eigenvalue weighted by Crippen LogP contribution is 2.41. The van der Waals surface area contributed by atoms with Gasteiger partial charge in [-0.25, -0.2) is 21.5 Å². The number of benzene rings is 2. The number of ether oxygens (including phenoxy) is 1. The number of halogens is 3. The first-order valence-electron chi connectivity index (χ1n) is 10.3. The summed E-state index contributed by atoms with van der Waals surface area (Å²) in [6.07, 6.45) is 3.61. The van der Waals surface area contributed by atoms with Crippen LogP contribution in [0.25, 0.3) is 5.57 Å². The van der Waals surface area contributed by atoms with Crippen molar-refractivity contribution >= 4 is 37.3 Å². The lowest BCUT2D eigenvalue weighted by Gasteiger charge is -2.30. The zero-order chi connectivity index (χ0) is 23.0. The Balaban J connectivity index is 1.42. The molecule has 2 aromatic rings. The van der Waals surface area contributed by atoms with Crippen LogP contribution in [0, 0.1) is 17.6 Å². The Bertz CT molecular complexity index is 1180. The molecule has 0 atom stereocenters. The summed E-state index contributed by atoms with van der Waals surface area (Å²) >= 11 is 3.28. The van der Waals surface area contributed by atoms with Crippen molar-refractivity contribution in [3.63, 3.8) is 0 Å². The quantitative estimate of drug-likeness (QED) is 0.545. The predicted molar refractivity (Wildman–Crippen MR) is 121 cm³/mol. The maximum atomic E-state index is 13.7. The summed E-state index contributed by atoms with van der Waals surface area (Å²) in [6.45, 7) is 1.51. The van der Waals surface area contributed by atoms with Crippen LogP contribution >= 0.6 is 15.9 Å². The van der Waals surface area contributed by atoms with Crippen LogP contribution in [-0.4, -0.2) is 44.5 Å². The number of allylic oxidation sites excluding steroid dienone is 1. The molecule has 0 N–H and O–H groups in total. The van der Waals surface area contributed by atoms with E-state index in [1.807, 2.05) is 0 Å². The third-order valence-electron chi connectivity index (χ3n) is 5.91. The lowest BCUT2D eigenvalue weighted by Crippen LogP contribution is -2.38. The first-order valence-corrected chi connectivity index (χ1v) is 12.9. The molecule has 0 radical (unpaired) electrons. The molecule has 0 amide bonds. The van der Waals surface area contributed by atoms with Crippen LogP contribution in [0.3, 0.4) is 0 Å². The molecule has 1 aliphatic carbocycles. The van der Waals surface area contributed by atoms with E-state index in [1.54, 1.807) is 18.2 Å². The fraction of sp³-hybridized carbons (Fsp3) is 0.348. The van der Waals surface area contributed by atoms with Gasteiger partial charge in [0.25, 0.3) is 0 Å². The van der Waals surface area contributed by atoms with E-state index in [9.17, 15) is 22.0 Å². The van der Waals surface area contributed by atoms with Gasteiger partial charge in [0.2, 0.25) is 15.8 Å². The largest absolute Gasteiger partial charge is 0.494 e. The number of sulfonamides is 1. The van der Waals surface area contributed by atoms with Crippen LogP contribution in [0.4, 0.5) is 8.78 Å². The van der Waals surface area contributed by atoms with E-state index < -0.39 is 21.7 Å². The molecule has 0 spiro atoms. The van der Waals surface area contributed by atoms with Crippen LogP contribution in [0.2, 0.25) is 0 Å². The molecule has 1 saturated heterocycles. The van der Waals surface area contributed by atoms with E-state index in [0.717, 1.165) is 25.3 Å². The van der Waals surface area contributed by atoms with Gasteiger partial charge in [0.1, 0.15) is 17.4 Å². The normalized spacial score (nSPS) is 17.7. The van der Waals surface area contributed by atoms with Gasteiger partial charge >= 0.3 is 0 Å². The van der Waals surface area contributed by atoms with Crippen LogP contribution < -0.4 is 4.74 Å². The first kappa shape index (κ1) is 23.1. The number of hydrogen-bond acceptors (Lipinski definition) is 4. The molecule has 5 nitrogen and oxygen atoms in total. The summed E-state index contributed by atoms with van der Waals surface area (Å²) in [5, 5.41) is 0. The molecule has 32 heavy (non-hydrogen) atoms. The highest BCUT2D eigenvalue weighted by molar-refractivity contribution is 9.12. The summed E-state index contributed by atoms with van der Waals surface area (Å²) in [5.41, 5.74) is 1.74. The molecule has 2 aromatic carbocycles. The van der Waals surface area contributed by atoms with E-state index in [4.69, 9.17) is 4.74 Å². The van der Waals surface area contributed by atoms with E-state index in [2.05, 4.69) is 15.9 Å². The van der Waals surface area contributed by atoms with Crippen molar-refractivity contribution < 1.29 is 26.7 Å². The fourth-order valence-corrected chi connectivity index (χ4v) is 5.75. The number of Topliss-reactive ketones (excluding diaryl/α,β-unsaturated/α-hetero) is 1. The number of fused-ring (bicyclic) bond motifs is 1. The van der Waals surface area contributed by atoms with Gasteiger partial charge in [-0.1, -0.05) is 0 Å². The summed E-state index contributed by atoms with van der Waals surface area (Å²) in [6, 6.07) is 8.29. The molecule has 9 heteroatoms. The van der Waals surface area contributed by atoms with E-state index in [1.165, 1.54) is 22.7 Å². The monoisotopic (exact) mass is 525 g/mol. The minimum Gasteiger partial charge on any atom is -0.494 e. The van der Waals surface area contributed by atoms with Crippen molar-refractivity contribution in [1.82, 2.24) is 4.31 Å². The van der Waals surface area contributed by atoms with Crippen molar-refractivity contribution in [3.05, 3.63) is 69.2 Å². The minimum atomic E-state index is -3.14. The molecule has 170 valence electrons. The van der Waals surface area contributed by atoms with Gasteiger partial charge in [-0.2, -0.15) is 0 Å². The maximum Gasteiger partial charge on any atom is 0.211 e. The molecule has 1 fully saturated rings. The average Bonchev–Trinajstić information content (AvgIpc) is 2.97. The lowest BCUT2D eigenvalue weighted by atomic mass is 9.95. The van der Waals surface area contributed by atoms with Gasteiger partial charge in [0.15, 0.2) is 0 Å². The molecule has 0 unspecified atom stereocenters. The van der Waals surface area contributed by atoms with Crippen molar-refractivity contribution in [3.8, 4) is 5.75 Å². The zero-order valence-electron chi connectivity index (χ0n) is 17.4. The third kappa shape index (κ3) is 4.79. The van der Waals surface area contributed by atoms with E-state index in [0.29, 0.717) is 48.1 Å². The van der Waals surface area contributed by atoms with Gasteiger partial charge in [0.05, 0.1) is 17.3 Å². The van der Waals surface area contributed by atoms with Crippen LogP contribution in [0.15, 0.2) is 40.9 Å². The molecule has 2 aliphatic rings. The van der Waals surface area contributed by atoms with Crippen LogP contribution in [-0.2, 0) is 10.0 Å². The van der Waals surface area contributed by atoms with Gasteiger partial charge in [0, 0.05) is 30.3 Å². The molecule has 0 bridgehead atoms.